The summed E-state index contributed by atoms with van der Waals surface area (Å²) in [4.78, 5) is 29.4. The summed E-state index contributed by atoms with van der Waals surface area (Å²) in [5.74, 6) is -0.935. The zero-order valence-corrected chi connectivity index (χ0v) is 12.1. The predicted molar refractivity (Wildman–Crippen MR) is 78.8 cm³/mol. The Kier molecular flexibility index (Phi) is 4.99. The molecule has 0 amide bonds. The minimum Gasteiger partial charge on any atom is -0.489 e. The van der Waals surface area contributed by atoms with E-state index in [1.807, 2.05) is 30.3 Å². The summed E-state index contributed by atoms with van der Waals surface area (Å²) in [7, 11) is 1.35. The molecule has 0 bridgehead atoms. The van der Waals surface area contributed by atoms with Crippen molar-refractivity contribution in [2.45, 2.75) is 16.7 Å². The third-order valence-electron chi connectivity index (χ3n) is 2.78. The normalized spacial score (nSPS) is 11.9. The molecule has 1 unspecified atom stereocenters. The van der Waals surface area contributed by atoms with Crippen LogP contribution in [0.3, 0.4) is 0 Å². The number of nitrogens with zero attached hydrogens (tertiary/aromatic N) is 1. The Morgan fingerprint density at radius 3 is 2.76 bits per heavy atom. The number of methoxy groups -OCH3 is 1. The van der Waals surface area contributed by atoms with Gasteiger partial charge in [-0.2, -0.15) is 0 Å². The number of H-pyrrole nitrogens is 1. The number of aromatic nitrogens is 2. The van der Waals surface area contributed by atoms with Gasteiger partial charge in [0, 0.05) is 0 Å². The molecule has 2 rings (SSSR count). The molecule has 2 N–H and O–H groups in total. The van der Waals surface area contributed by atoms with Gasteiger partial charge in [0.15, 0.2) is 0 Å². The van der Waals surface area contributed by atoms with Gasteiger partial charge in [-0.25, -0.2) is 4.98 Å². The van der Waals surface area contributed by atoms with E-state index in [4.69, 9.17) is 4.74 Å². The minimum atomic E-state index is -0.965. The second-order valence-corrected chi connectivity index (χ2v) is 5.40. The van der Waals surface area contributed by atoms with E-state index in [9.17, 15) is 14.7 Å². The molecule has 2 aromatic rings. The molecule has 0 aliphatic rings. The summed E-state index contributed by atoms with van der Waals surface area (Å²) in [5, 5.41) is 8.87. The molecule has 1 heterocycles. The average molecular weight is 306 g/mol. The van der Waals surface area contributed by atoms with Crippen LogP contribution in [0.5, 0.6) is 5.75 Å². The molecule has 110 valence electrons. The van der Waals surface area contributed by atoms with Crippen molar-refractivity contribution in [1.29, 1.82) is 0 Å². The van der Waals surface area contributed by atoms with E-state index in [1.54, 1.807) is 0 Å². The number of thioether (sulfide) groups is 1. The number of aromatic amines is 1. The lowest BCUT2D eigenvalue weighted by Crippen LogP contribution is -2.20. The summed E-state index contributed by atoms with van der Waals surface area (Å²) < 4.78 is 4.99. The second-order valence-electron chi connectivity index (χ2n) is 4.20. The standard InChI is InChI=1S/C14H14N2O4S/c1-20-11-12(17)15-8-16-13(11)21-10(14(18)19)7-9-5-3-2-4-6-9/h2-6,8,10H,7H2,1H3,(H,18,19)(H,15,16,17). The van der Waals surface area contributed by atoms with Gasteiger partial charge < -0.3 is 14.8 Å². The molecular weight excluding hydrogens is 292 g/mol. The third kappa shape index (κ3) is 3.85. The van der Waals surface area contributed by atoms with Crippen molar-refractivity contribution >= 4 is 17.7 Å². The van der Waals surface area contributed by atoms with E-state index in [0.717, 1.165) is 17.3 Å². The summed E-state index contributed by atoms with van der Waals surface area (Å²) in [5.41, 5.74) is 0.472. The van der Waals surface area contributed by atoms with Crippen molar-refractivity contribution in [3.8, 4) is 5.75 Å². The number of aliphatic carboxylic acids is 1. The van der Waals surface area contributed by atoms with E-state index in [-0.39, 0.29) is 10.8 Å². The Balaban J connectivity index is 2.23. The van der Waals surface area contributed by atoms with Crippen LogP contribution in [-0.2, 0) is 11.2 Å². The number of hydrogen-bond donors (Lipinski definition) is 2. The van der Waals surface area contributed by atoms with Crippen molar-refractivity contribution in [3.05, 3.63) is 52.6 Å². The zero-order chi connectivity index (χ0) is 15.2. The lowest BCUT2D eigenvalue weighted by molar-refractivity contribution is -0.136. The Hall–Kier alpha value is -2.28. The monoisotopic (exact) mass is 306 g/mol. The maximum absolute atomic E-state index is 11.6. The number of carboxylic acids is 1. The first kappa shape index (κ1) is 15.1. The molecular formula is C14H14N2O4S. The lowest BCUT2D eigenvalue weighted by Gasteiger charge is -2.13. The fraction of sp³-hybridized carbons (Fsp3) is 0.214. The first-order valence-electron chi connectivity index (χ1n) is 6.17. The van der Waals surface area contributed by atoms with Crippen LogP contribution < -0.4 is 10.3 Å². The second kappa shape index (κ2) is 6.94. The summed E-state index contributed by atoms with van der Waals surface area (Å²) in [6.07, 6.45) is 1.56. The molecule has 0 radical (unpaired) electrons. The van der Waals surface area contributed by atoms with Crippen LogP contribution in [-0.4, -0.2) is 33.4 Å². The molecule has 0 spiro atoms. The van der Waals surface area contributed by atoms with Gasteiger partial charge >= 0.3 is 5.97 Å². The third-order valence-corrected chi connectivity index (χ3v) is 3.94. The van der Waals surface area contributed by atoms with Crippen LogP contribution in [0, 0.1) is 0 Å². The predicted octanol–water partition coefficient (Wildman–Crippen LogP) is 1.57. The molecule has 0 fully saturated rings. The molecule has 1 atom stereocenters. The van der Waals surface area contributed by atoms with Crippen LogP contribution >= 0.6 is 11.8 Å². The van der Waals surface area contributed by atoms with E-state index in [2.05, 4.69) is 9.97 Å². The number of ether oxygens (including phenoxy) is 1. The van der Waals surface area contributed by atoms with Gasteiger partial charge in [-0.15, -0.1) is 0 Å². The van der Waals surface area contributed by atoms with Gasteiger partial charge in [-0.1, -0.05) is 42.1 Å². The maximum Gasteiger partial charge on any atom is 0.317 e. The highest BCUT2D eigenvalue weighted by molar-refractivity contribution is 8.00. The van der Waals surface area contributed by atoms with Crippen LogP contribution in [0.1, 0.15) is 5.56 Å². The highest BCUT2D eigenvalue weighted by Crippen LogP contribution is 2.29. The molecule has 21 heavy (non-hydrogen) atoms. The van der Waals surface area contributed by atoms with E-state index in [0.29, 0.717) is 6.42 Å². The molecule has 0 aliphatic heterocycles. The molecule has 0 saturated carbocycles. The van der Waals surface area contributed by atoms with Crippen LogP contribution in [0.2, 0.25) is 0 Å². The largest absolute Gasteiger partial charge is 0.489 e. The molecule has 0 saturated heterocycles. The molecule has 6 nitrogen and oxygen atoms in total. The summed E-state index contributed by atoms with van der Waals surface area (Å²) in [6.45, 7) is 0. The number of nitrogens with one attached hydrogen (secondary N) is 1. The Labute approximate surface area is 125 Å². The molecule has 1 aromatic heterocycles. The zero-order valence-electron chi connectivity index (χ0n) is 11.3. The van der Waals surface area contributed by atoms with Crippen molar-refractivity contribution in [3.63, 3.8) is 0 Å². The quantitative estimate of drug-likeness (QED) is 0.621. The minimum absolute atomic E-state index is 0.0295. The first-order valence-corrected chi connectivity index (χ1v) is 7.05. The number of hydrogen-bond acceptors (Lipinski definition) is 5. The average Bonchev–Trinajstić information content (AvgIpc) is 2.48. The molecule has 0 aliphatic carbocycles. The fourth-order valence-electron chi connectivity index (χ4n) is 1.78. The van der Waals surface area contributed by atoms with Crippen molar-refractivity contribution in [1.82, 2.24) is 9.97 Å². The van der Waals surface area contributed by atoms with E-state index < -0.39 is 16.8 Å². The fourth-order valence-corrected chi connectivity index (χ4v) is 2.82. The smallest absolute Gasteiger partial charge is 0.317 e. The van der Waals surface area contributed by atoms with Crippen LogP contribution in [0.15, 0.2) is 46.5 Å². The molecule has 1 aromatic carbocycles. The number of carbonyl (C=O) groups is 1. The van der Waals surface area contributed by atoms with Gasteiger partial charge in [0.1, 0.15) is 10.3 Å². The highest BCUT2D eigenvalue weighted by atomic mass is 32.2. The number of rotatable bonds is 6. The Bertz CT molecular complexity index is 672. The van der Waals surface area contributed by atoms with Gasteiger partial charge in [0.2, 0.25) is 5.75 Å². The summed E-state index contributed by atoms with van der Waals surface area (Å²) >= 11 is 1.00. The topological polar surface area (TPSA) is 92.3 Å². The van der Waals surface area contributed by atoms with Crippen LogP contribution in [0.4, 0.5) is 0 Å². The number of benzene rings is 1. The van der Waals surface area contributed by atoms with E-state index >= 15 is 0 Å². The first-order chi connectivity index (χ1) is 10.1. The number of carboxylic acid groups (broad SMARTS) is 1. The Morgan fingerprint density at radius 2 is 2.14 bits per heavy atom. The SMILES string of the molecule is COc1c(SC(Cc2ccccc2)C(=O)O)nc[nH]c1=O. The van der Waals surface area contributed by atoms with Gasteiger partial charge in [-0.05, 0) is 12.0 Å². The van der Waals surface area contributed by atoms with Crippen molar-refractivity contribution in [2.24, 2.45) is 0 Å². The Morgan fingerprint density at radius 1 is 1.43 bits per heavy atom. The van der Waals surface area contributed by atoms with Crippen molar-refractivity contribution < 1.29 is 14.6 Å². The molecule has 7 heteroatoms. The summed E-state index contributed by atoms with van der Waals surface area (Å²) in [6, 6.07) is 9.29. The van der Waals surface area contributed by atoms with Gasteiger partial charge in [-0.3, -0.25) is 9.59 Å². The van der Waals surface area contributed by atoms with Crippen LogP contribution in [0.25, 0.3) is 0 Å². The maximum atomic E-state index is 11.6. The van der Waals surface area contributed by atoms with E-state index in [1.165, 1.54) is 13.4 Å². The van der Waals surface area contributed by atoms with Gasteiger partial charge in [0.25, 0.3) is 5.56 Å². The van der Waals surface area contributed by atoms with Gasteiger partial charge in [0.05, 0.1) is 13.4 Å². The van der Waals surface area contributed by atoms with Crippen molar-refractivity contribution in [2.75, 3.05) is 7.11 Å². The highest BCUT2D eigenvalue weighted by Gasteiger charge is 2.23. The lowest BCUT2D eigenvalue weighted by atomic mass is 10.1.